The Balaban J connectivity index is 1.39. The van der Waals surface area contributed by atoms with Gasteiger partial charge in [-0.05, 0) is 31.0 Å². The summed E-state index contributed by atoms with van der Waals surface area (Å²) in [7, 11) is 0. The molecule has 2 aromatic heterocycles. The number of piperazine rings is 1. The number of carbonyl (C=O) groups excluding carboxylic acids is 1. The summed E-state index contributed by atoms with van der Waals surface area (Å²) in [6, 6.07) is 7.85. The maximum atomic E-state index is 12.4. The van der Waals surface area contributed by atoms with Gasteiger partial charge in [0.1, 0.15) is 11.0 Å². The summed E-state index contributed by atoms with van der Waals surface area (Å²) >= 11 is 6.01. The first-order valence-electron chi connectivity index (χ1n) is 9.57. The van der Waals surface area contributed by atoms with Crippen LogP contribution in [0.3, 0.4) is 0 Å². The highest BCUT2D eigenvalue weighted by Gasteiger charge is 2.26. The summed E-state index contributed by atoms with van der Waals surface area (Å²) in [6.07, 6.45) is 8.73. The molecule has 1 saturated carbocycles. The molecular weight excluding hydrogens is 362 g/mol. The summed E-state index contributed by atoms with van der Waals surface area (Å²) in [4.78, 5) is 25.8. The molecule has 2 aliphatic rings. The number of hydrogen-bond acceptors (Lipinski definition) is 5. The van der Waals surface area contributed by atoms with Gasteiger partial charge in [0.25, 0.3) is 5.91 Å². The van der Waals surface area contributed by atoms with Crippen LogP contribution in [0.15, 0.2) is 36.7 Å². The SMILES string of the molecule is O=C(Nc1ccnc(N2CCN(C3CCCC3)CC2)c1)c1cccnc1Cl. The van der Waals surface area contributed by atoms with Gasteiger partial charge in [0.15, 0.2) is 0 Å². The molecule has 1 N–H and O–H groups in total. The van der Waals surface area contributed by atoms with Crippen molar-refractivity contribution in [1.82, 2.24) is 14.9 Å². The molecule has 2 aromatic rings. The van der Waals surface area contributed by atoms with Crippen LogP contribution >= 0.6 is 11.6 Å². The summed E-state index contributed by atoms with van der Waals surface area (Å²) in [5.41, 5.74) is 1.07. The number of nitrogens with one attached hydrogen (secondary N) is 1. The minimum absolute atomic E-state index is 0.201. The number of amides is 1. The van der Waals surface area contributed by atoms with Gasteiger partial charge in [-0.2, -0.15) is 0 Å². The molecule has 2 fully saturated rings. The highest BCUT2D eigenvalue weighted by atomic mass is 35.5. The summed E-state index contributed by atoms with van der Waals surface area (Å²) < 4.78 is 0. The normalized spacial score (nSPS) is 18.6. The van der Waals surface area contributed by atoms with Gasteiger partial charge in [-0.25, -0.2) is 9.97 Å². The lowest BCUT2D eigenvalue weighted by atomic mass is 10.2. The van der Waals surface area contributed by atoms with Crippen molar-refractivity contribution in [2.45, 2.75) is 31.7 Å². The predicted molar refractivity (Wildman–Crippen MR) is 107 cm³/mol. The van der Waals surface area contributed by atoms with E-state index in [-0.39, 0.29) is 11.1 Å². The Labute approximate surface area is 164 Å². The Bertz CT molecular complexity index is 800. The molecule has 0 radical (unpaired) electrons. The zero-order chi connectivity index (χ0) is 18.6. The van der Waals surface area contributed by atoms with Gasteiger partial charge in [0.05, 0.1) is 5.56 Å². The Morgan fingerprint density at radius 3 is 2.59 bits per heavy atom. The molecule has 0 unspecified atom stereocenters. The van der Waals surface area contributed by atoms with Crippen molar-refractivity contribution < 1.29 is 4.79 Å². The van der Waals surface area contributed by atoms with Gasteiger partial charge in [-0.15, -0.1) is 0 Å². The first-order chi connectivity index (χ1) is 13.2. The lowest BCUT2D eigenvalue weighted by Crippen LogP contribution is -2.50. The number of pyridine rings is 2. The molecule has 7 heteroatoms. The lowest BCUT2D eigenvalue weighted by Gasteiger charge is -2.38. The van der Waals surface area contributed by atoms with E-state index >= 15 is 0 Å². The summed E-state index contributed by atoms with van der Waals surface area (Å²) in [5.74, 6) is 0.632. The molecule has 1 amide bonds. The van der Waals surface area contributed by atoms with Crippen molar-refractivity contribution >= 4 is 29.0 Å². The second-order valence-corrected chi connectivity index (χ2v) is 7.52. The molecule has 0 aromatic carbocycles. The van der Waals surface area contributed by atoms with E-state index in [1.165, 1.54) is 25.7 Å². The van der Waals surface area contributed by atoms with Crippen molar-refractivity contribution in [3.05, 3.63) is 47.4 Å². The molecule has 0 bridgehead atoms. The summed E-state index contributed by atoms with van der Waals surface area (Å²) in [5, 5.41) is 3.09. The molecule has 27 heavy (non-hydrogen) atoms. The van der Waals surface area contributed by atoms with Gasteiger partial charge >= 0.3 is 0 Å². The molecule has 1 saturated heterocycles. The van der Waals surface area contributed by atoms with E-state index in [0.29, 0.717) is 11.3 Å². The van der Waals surface area contributed by atoms with E-state index < -0.39 is 0 Å². The van der Waals surface area contributed by atoms with Crippen LogP contribution in [-0.2, 0) is 0 Å². The van der Waals surface area contributed by atoms with Gasteiger partial charge in [0, 0.05) is 56.4 Å². The maximum absolute atomic E-state index is 12.4. The Morgan fingerprint density at radius 2 is 1.85 bits per heavy atom. The average Bonchev–Trinajstić information content (AvgIpc) is 3.23. The second kappa shape index (κ2) is 8.23. The Kier molecular flexibility index (Phi) is 5.55. The second-order valence-electron chi connectivity index (χ2n) is 7.16. The van der Waals surface area contributed by atoms with E-state index in [9.17, 15) is 4.79 Å². The van der Waals surface area contributed by atoms with Crippen LogP contribution in [0.1, 0.15) is 36.0 Å². The zero-order valence-corrected chi connectivity index (χ0v) is 16.0. The maximum Gasteiger partial charge on any atom is 0.258 e. The third kappa shape index (κ3) is 4.22. The standard InChI is InChI=1S/C20H24ClN5O/c21-19-17(6-3-8-23-19)20(27)24-15-7-9-22-18(14-15)26-12-10-25(11-13-26)16-4-1-2-5-16/h3,6-9,14,16H,1-2,4-5,10-13H2,(H,22,24,27). The van der Waals surface area contributed by atoms with E-state index in [2.05, 4.69) is 25.1 Å². The molecule has 1 aliphatic heterocycles. The highest BCUT2D eigenvalue weighted by Crippen LogP contribution is 2.26. The molecule has 6 nitrogen and oxygen atoms in total. The monoisotopic (exact) mass is 385 g/mol. The average molecular weight is 386 g/mol. The predicted octanol–water partition coefficient (Wildman–Crippen LogP) is 3.45. The smallest absolute Gasteiger partial charge is 0.258 e. The molecule has 4 rings (SSSR count). The lowest BCUT2D eigenvalue weighted by molar-refractivity contribution is 0.102. The molecule has 1 aliphatic carbocycles. The first kappa shape index (κ1) is 18.2. The van der Waals surface area contributed by atoms with Crippen LogP contribution in [-0.4, -0.2) is 53.0 Å². The minimum atomic E-state index is -0.267. The fourth-order valence-corrected chi connectivity index (χ4v) is 4.21. The minimum Gasteiger partial charge on any atom is -0.354 e. The third-order valence-corrected chi connectivity index (χ3v) is 5.79. The van der Waals surface area contributed by atoms with Crippen LogP contribution in [0.4, 0.5) is 11.5 Å². The van der Waals surface area contributed by atoms with Crippen molar-refractivity contribution in [1.29, 1.82) is 0 Å². The van der Waals surface area contributed by atoms with E-state index in [1.54, 1.807) is 30.6 Å². The molecule has 3 heterocycles. The highest BCUT2D eigenvalue weighted by molar-refractivity contribution is 6.33. The molecular formula is C20H24ClN5O. The number of carbonyl (C=O) groups is 1. The third-order valence-electron chi connectivity index (χ3n) is 5.49. The number of anilines is 2. The summed E-state index contributed by atoms with van der Waals surface area (Å²) in [6.45, 7) is 4.09. The van der Waals surface area contributed by atoms with Crippen LogP contribution < -0.4 is 10.2 Å². The molecule has 0 atom stereocenters. The largest absolute Gasteiger partial charge is 0.354 e. The Hall–Kier alpha value is -2.18. The van der Waals surface area contributed by atoms with Gasteiger partial charge < -0.3 is 10.2 Å². The zero-order valence-electron chi connectivity index (χ0n) is 15.3. The van der Waals surface area contributed by atoms with Crippen LogP contribution in [0.2, 0.25) is 5.15 Å². The van der Waals surface area contributed by atoms with Crippen molar-refractivity contribution in [3.63, 3.8) is 0 Å². The van der Waals surface area contributed by atoms with Crippen molar-refractivity contribution in [2.75, 3.05) is 36.4 Å². The fraction of sp³-hybridized carbons (Fsp3) is 0.450. The first-order valence-corrected chi connectivity index (χ1v) is 9.95. The molecule has 142 valence electrons. The van der Waals surface area contributed by atoms with E-state index in [4.69, 9.17) is 11.6 Å². The number of halogens is 1. The van der Waals surface area contributed by atoms with Crippen LogP contribution in [0.25, 0.3) is 0 Å². The van der Waals surface area contributed by atoms with Gasteiger partial charge in [-0.1, -0.05) is 24.4 Å². The molecule has 0 spiro atoms. The Morgan fingerprint density at radius 1 is 1.07 bits per heavy atom. The van der Waals surface area contributed by atoms with E-state index in [0.717, 1.165) is 38.0 Å². The number of aromatic nitrogens is 2. The quantitative estimate of drug-likeness (QED) is 0.817. The fourth-order valence-electron chi connectivity index (χ4n) is 4.01. The van der Waals surface area contributed by atoms with Crippen molar-refractivity contribution in [3.8, 4) is 0 Å². The number of rotatable bonds is 4. The van der Waals surface area contributed by atoms with Crippen LogP contribution in [0, 0.1) is 0 Å². The number of nitrogens with zero attached hydrogens (tertiary/aromatic N) is 4. The number of hydrogen-bond donors (Lipinski definition) is 1. The topological polar surface area (TPSA) is 61.4 Å². The van der Waals surface area contributed by atoms with Gasteiger partial charge in [0.2, 0.25) is 0 Å². The van der Waals surface area contributed by atoms with Crippen LogP contribution in [0.5, 0.6) is 0 Å². The van der Waals surface area contributed by atoms with Gasteiger partial charge in [-0.3, -0.25) is 9.69 Å². The van der Waals surface area contributed by atoms with E-state index in [1.807, 2.05) is 6.07 Å². The van der Waals surface area contributed by atoms with Crippen molar-refractivity contribution in [2.24, 2.45) is 0 Å².